The minimum Gasteiger partial charge on any atom is -0.454 e. The van der Waals surface area contributed by atoms with Crippen LogP contribution in [-0.2, 0) is 25.6 Å². The maximum atomic E-state index is 12.9. The van der Waals surface area contributed by atoms with Gasteiger partial charge in [0, 0.05) is 19.5 Å². The normalized spacial score (nSPS) is 20.5. The molecule has 2 heterocycles. The van der Waals surface area contributed by atoms with Gasteiger partial charge in [0.15, 0.2) is 17.6 Å². The van der Waals surface area contributed by atoms with E-state index in [2.05, 4.69) is 0 Å². The van der Waals surface area contributed by atoms with Crippen molar-refractivity contribution in [3.8, 4) is 11.5 Å². The highest BCUT2D eigenvalue weighted by Gasteiger charge is 2.43. The van der Waals surface area contributed by atoms with Gasteiger partial charge in [0.05, 0.1) is 0 Å². The van der Waals surface area contributed by atoms with Crippen molar-refractivity contribution < 1.29 is 33.3 Å². The Morgan fingerprint density at radius 3 is 2.69 bits per heavy atom. The number of cyclic esters (lactones) is 2. The zero-order valence-corrected chi connectivity index (χ0v) is 14.7. The predicted octanol–water partition coefficient (Wildman–Crippen LogP) is 1.96. The van der Waals surface area contributed by atoms with Crippen LogP contribution >= 0.6 is 0 Å². The number of nitrogens with zero attached hydrogens (tertiary/aromatic N) is 1. The third-order valence-corrected chi connectivity index (χ3v) is 4.38. The van der Waals surface area contributed by atoms with E-state index in [-0.39, 0.29) is 19.1 Å². The molecule has 1 fully saturated rings. The molecule has 1 aromatic rings. The number of hydrogen-bond donors (Lipinski definition) is 0. The number of rotatable bonds is 7. The van der Waals surface area contributed by atoms with Gasteiger partial charge < -0.3 is 28.6 Å². The molecule has 0 aromatic heterocycles. The molecule has 2 atom stereocenters. The van der Waals surface area contributed by atoms with Gasteiger partial charge in [-0.15, -0.1) is 0 Å². The molecule has 140 valence electrons. The molecule has 0 unspecified atom stereocenters. The molecular weight excluding hydrogens is 342 g/mol. The maximum Gasteiger partial charge on any atom is 0.509 e. The van der Waals surface area contributed by atoms with Gasteiger partial charge in [0.1, 0.15) is 6.29 Å². The highest BCUT2D eigenvalue weighted by atomic mass is 16.8. The van der Waals surface area contributed by atoms with Crippen molar-refractivity contribution in [1.82, 2.24) is 4.90 Å². The number of aryl methyl sites for hydroxylation is 1. The fourth-order valence-electron chi connectivity index (χ4n) is 3.05. The monoisotopic (exact) mass is 363 g/mol. The molecule has 1 saturated heterocycles. The molecule has 0 radical (unpaired) electrons. The van der Waals surface area contributed by atoms with E-state index in [0.717, 1.165) is 17.5 Å². The third kappa shape index (κ3) is 3.58. The second-order valence-corrected chi connectivity index (χ2v) is 6.24. The Hall–Kier alpha value is -2.77. The topological polar surface area (TPSA) is 91.4 Å². The van der Waals surface area contributed by atoms with Gasteiger partial charge in [-0.05, 0) is 36.6 Å². The van der Waals surface area contributed by atoms with Crippen LogP contribution in [-0.4, -0.2) is 48.8 Å². The van der Waals surface area contributed by atoms with Crippen LogP contribution in [0.15, 0.2) is 12.1 Å². The summed E-state index contributed by atoms with van der Waals surface area (Å²) < 4.78 is 20.7. The van der Waals surface area contributed by atoms with Gasteiger partial charge in [0.25, 0.3) is 5.91 Å². The number of carbonyl (C=O) groups is 3. The highest BCUT2D eigenvalue weighted by Crippen LogP contribution is 2.35. The van der Waals surface area contributed by atoms with Crippen molar-refractivity contribution in [2.45, 2.75) is 45.4 Å². The van der Waals surface area contributed by atoms with E-state index in [4.69, 9.17) is 18.9 Å². The number of aldehydes is 1. The molecule has 0 aliphatic carbocycles. The molecule has 8 nitrogen and oxygen atoms in total. The molecule has 3 rings (SSSR count). The Morgan fingerprint density at radius 2 is 2.00 bits per heavy atom. The standard InChI is InChI=1S/C18H21NO7/c1-3-5-19(17(21)16-13(4-6-20)25-18(22)26-16)9-12-8-15-14(7-11(12)2)23-10-24-15/h6-8,13,16H,3-5,9-10H2,1-2H3/t13-,16+/m1/s1. The largest absolute Gasteiger partial charge is 0.509 e. The second kappa shape index (κ2) is 7.63. The number of ether oxygens (including phenoxy) is 4. The van der Waals surface area contributed by atoms with Crippen LogP contribution in [0.1, 0.15) is 30.9 Å². The van der Waals surface area contributed by atoms with Crippen LogP contribution in [0.4, 0.5) is 4.79 Å². The van der Waals surface area contributed by atoms with Crippen LogP contribution in [0.3, 0.4) is 0 Å². The van der Waals surface area contributed by atoms with E-state index >= 15 is 0 Å². The summed E-state index contributed by atoms with van der Waals surface area (Å²) in [4.78, 5) is 36.7. The first-order chi connectivity index (χ1) is 12.5. The van der Waals surface area contributed by atoms with Gasteiger partial charge in [0.2, 0.25) is 12.9 Å². The Balaban J connectivity index is 1.79. The molecule has 26 heavy (non-hydrogen) atoms. The van der Waals surface area contributed by atoms with E-state index in [9.17, 15) is 14.4 Å². The van der Waals surface area contributed by atoms with Crippen LogP contribution in [0.25, 0.3) is 0 Å². The van der Waals surface area contributed by atoms with E-state index in [1.807, 2.05) is 26.0 Å². The van der Waals surface area contributed by atoms with Crippen molar-refractivity contribution in [3.05, 3.63) is 23.3 Å². The van der Waals surface area contributed by atoms with Gasteiger partial charge in [-0.25, -0.2) is 4.79 Å². The molecule has 0 N–H and O–H groups in total. The lowest BCUT2D eigenvalue weighted by atomic mass is 10.1. The fourth-order valence-corrected chi connectivity index (χ4v) is 3.05. The van der Waals surface area contributed by atoms with Gasteiger partial charge in [-0.3, -0.25) is 4.79 Å². The molecule has 0 saturated carbocycles. The van der Waals surface area contributed by atoms with Crippen molar-refractivity contribution in [2.24, 2.45) is 0 Å². The van der Waals surface area contributed by atoms with Crippen LogP contribution in [0.2, 0.25) is 0 Å². The first-order valence-corrected chi connectivity index (χ1v) is 8.52. The van der Waals surface area contributed by atoms with Crippen LogP contribution in [0.5, 0.6) is 11.5 Å². The second-order valence-electron chi connectivity index (χ2n) is 6.24. The van der Waals surface area contributed by atoms with Gasteiger partial charge >= 0.3 is 6.16 Å². The Bertz CT molecular complexity index is 718. The first-order valence-electron chi connectivity index (χ1n) is 8.52. The number of benzene rings is 1. The minimum atomic E-state index is -1.10. The zero-order chi connectivity index (χ0) is 18.7. The molecule has 0 bridgehead atoms. The molecule has 1 amide bonds. The maximum absolute atomic E-state index is 12.9. The number of amides is 1. The zero-order valence-electron chi connectivity index (χ0n) is 14.7. The van der Waals surface area contributed by atoms with Crippen molar-refractivity contribution in [1.29, 1.82) is 0 Å². The summed E-state index contributed by atoms with van der Waals surface area (Å²) in [6.45, 7) is 4.87. The van der Waals surface area contributed by atoms with Crippen molar-refractivity contribution in [3.63, 3.8) is 0 Å². The van der Waals surface area contributed by atoms with E-state index < -0.39 is 18.4 Å². The Labute approximate surface area is 150 Å². The average Bonchev–Trinajstić information content (AvgIpc) is 3.20. The van der Waals surface area contributed by atoms with Crippen molar-refractivity contribution >= 4 is 18.3 Å². The molecule has 1 aromatic carbocycles. The highest BCUT2D eigenvalue weighted by molar-refractivity contribution is 5.85. The Morgan fingerprint density at radius 1 is 1.27 bits per heavy atom. The summed E-state index contributed by atoms with van der Waals surface area (Å²) in [6.07, 6.45) is -1.65. The SMILES string of the molecule is CCCN(Cc1cc2c(cc1C)OCO2)C(=O)[C@H]1OC(=O)O[C@@H]1CC=O. The van der Waals surface area contributed by atoms with Gasteiger partial charge in [-0.1, -0.05) is 6.92 Å². The Kier molecular flexibility index (Phi) is 5.29. The van der Waals surface area contributed by atoms with E-state index in [1.54, 1.807) is 4.90 Å². The lowest BCUT2D eigenvalue weighted by Gasteiger charge is -2.26. The summed E-state index contributed by atoms with van der Waals surface area (Å²) in [7, 11) is 0. The van der Waals surface area contributed by atoms with E-state index in [0.29, 0.717) is 30.9 Å². The number of carbonyl (C=O) groups excluding carboxylic acids is 3. The summed E-state index contributed by atoms with van der Waals surface area (Å²) in [5, 5.41) is 0. The molecule has 2 aliphatic rings. The third-order valence-electron chi connectivity index (χ3n) is 4.38. The molecule has 8 heteroatoms. The predicted molar refractivity (Wildman–Crippen MR) is 88.8 cm³/mol. The number of hydrogen-bond acceptors (Lipinski definition) is 7. The molecular formula is C18H21NO7. The smallest absolute Gasteiger partial charge is 0.454 e. The minimum absolute atomic E-state index is 0.0782. The van der Waals surface area contributed by atoms with Crippen LogP contribution < -0.4 is 9.47 Å². The molecule has 0 spiro atoms. The average molecular weight is 363 g/mol. The van der Waals surface area contributed by atoms with Crippen molar-refractivity contribution in [2.75, 3.05) is 13.3 Å². The quantitative estimate of drug-likeness (QED) is 0.540. The van der Waals surface area contributed by atoms with Gasteiger partial charge in [-0.2, -0.15) is 0 Å². The molecule has 2 aliphatic heterocycles. The lowest BCUT2D eigenvalue weighted by molar-refractivity contribution is -0.141. The summed E-state index contributed by atoms with van der Waals surface area (Å²) in [5.74, 6) is 0.953. The summed E-state index contributed by atoms with van der Waals surface area (Å²) >= 11 is 0. The summed E-state index contributed by atoms with van der Waals surface area (Å²) in [6, 6.07) is 3.73. The van der Waals surface area contributed by atoms with Crippen LogP contribution in [0, 0.1) is 6.92 Å². The summed E-state index contributed by atoms with van der Waals surface area (Å²) in [5.41, 5.74) is 1.88. The lowest BCUT2D eigenvalue weighted by Crippen LogP contribution is -2.44. The number of fused-ring (bicyclic) bond motifs is 1. The first kappa shape index (κ1) is 18.0. The fraction of sp³-hybridized carbons (Fsp3) is 0.500. The van der Waals surface area contributed by atoms with E-state index in [1.165, 1.54) is 0 Å².